The summed E-state index contributed by atoms with van der Waals surface area (Å²) in [5.41, 5.74) is 4.81. The normalized spacial score (nSPS) is 18.0. The van der Waals surface area contributed by atoms with Crippen molar-refractivity contribution in [2.24, 2.45) is 5.92 Å². The van der Waals surface area contributed by atoms with Gasteiger partial charge in [-0.1, -0.05) is 49.1 Å². The third-order valence-corrected chi connectivity index (χ3v) is 6.65. The van der Waals surface area contributed by atoms with Crippen molar-refractivity contribution in [2.75, 3.05) is 31.1 Å². The van der Waals surface area contributed by atoms with Gasteiger partial charge in [0.1, 0.15) is 11.6 Å². The number of hydrogen-bond donors (Lipinski definition) is 0. The number of piperazine rings is 1. The lowest BCUT2D eigenvalue weighted by Gasteiger charge is -2.38. The lowest BCUT2D eigenvalue weighted by Crippen LogP contribution is -2.51. The van der Waals surface area contributed by atoms with Crippen molar-refractivity contribution >= 4 is 11.7 Å². The molecule has 0 bridgehead atoms. The highest BCUT2D eigenvalue weighted by Crippen LogP contribution is 2.28. The minimum Gasteiger partial charge on any atom is -0.353 e. The predicted octanol–water partition coefficient (Wildman–Crippen LogP) is 4.22. The highest BCUT2D eigenvalue weighted by Gasteiger charge is 2.29. The molecule has 2 heterocycles. The Morgan fingerprint density at radius 1 is 0.933 bits per heavy atom. The number of carbonyl (C=O) groups is 1. The van der Waals surface area contributed by atoms with Crippen LogP contribution in [0.15, 0.2) is 24.3 Å². The summed E-state index contributed by atoms with van der Waals surface area (Å²) in [7, 11) is 0. The number of rotatable bonds is 4. The zero-order valence-corrected chi connectivity index (χ0v) is 18.7. The van der Waals surface area contributed by atoms with Crippen LogP contribution >= 0.6 is 0 Å². The highest BCUT2D eigenvalue weighted by molar-refractivity contribution is 5.79. The molecule has 0 radical (unpaired) electrons. The number of amides is 1. The van der Waals surface area contributed by atoms with Crippen LogP contribution in [0.4, 0.5) is 5.82 Å². The van der Waals surface area contributed by atoms with Crippen molar-refractivity contribution in [3.63, 3.8) is 0 Å². The van der Waals surface area contributed by atoms with Crippen LogP contribution in [-0.2, 0) is 11.2 Å². The SMILES string of the molecule is Cc1ccc(Cc2c(C)nc(C)nc2N2CCN(C(=O)C3CCCCC3)CC2)cc1. The number of nitrogens with zero attached hydrogens (tertiary/aromatic N) is 4. The molecule has 160 valence electrons. The second-order valence-corrected chi connectivity index (χ2v) is 8.97. The summed E-state index contributed by atoms with van der Waals surface area (Å²) in [6.45, 7) is 9.44. The van der Waals surface area contributed by atoms with Gasteiger partial charge in [-0.15, -0.1) is 0 Å². The number of aryl methyl sites for hydroxylation is 3. The Morgan fingerprint density at radius 3 is 2.27 bits per heavy atom. The number of anilines is 1. The maximum absolute atomic E-state index is 12.9. The van der Waals surface area contributed by atoms with Crippen LogP contribution in [-0.4, -0.2) is 47.0 Å². The summed E-state index contributed by atoms with van der Waals surface area (Å²) >= 11 is 0. The number of aromatic nitrogens is 2. The van der Waals surface area contributed by atoms with E-state index in [2.05, 4.69) is 52.9 Å². The van der Waals surface area contributed by atoms with Crippen LogP contribution in [0.3, 0.4) is 0 Å². The van der Waals surface area contributed by atoms with Gasteiger partial charge >= 0.3 is 0 Å². The van der Waals surface area contributed by atoms with Crippen molar-refractivity contribution in [1.29, 1.82) is 0 Å². The van der Waals surface area contributed by atoms with Crippen molar-refractivity contribution in [3.05, 3.63) is 52.5 Å². The van der Waals surface area contributed by atoms with Gasteiger partial charge in [0.2, 0.25) is 5.91 Å². The third-order valence-electron chi connectivity index (χ3n) is 6.65. The van der Waals surface area contributed by atoms with Crippen molar-refractivity contribution in [1.82, 2.24) is 14.9 Å². The van der Waals surface area contributed by atoms with Gasteiger partial charge in [-0.25, -0.2) is 9.97 Å². The average Bonchev–Trinajstić information content (AvgIpc) is 2.77. The Labute approximate surface area is 180 Å². The van der Waals surface area contributed by atoms with E-state index in [9.17, 15) is 4.79 Å². The molecular weight excluding hydrogens is 372 g/mol. The summed E-state index contributed by atoms with van der Waals surface area (Å²) in [5, 5.41) is 0. The standard InChI is InChI=1S/C25H34N4O/c1-18-9-11-21(12-10-18)17-23-19(2)26-20(3)27-24(23)28-13-15-29(16-14-28)25(30)22-7-5-4-6-8-22/h9-12,22H,4-8,13-17H2,1-3H3. The maximum atomic E-state index is 12.9. The molecule has 2 aromatic rings. The third kappa shape index (κ3) is 4.66. The first-order chi connectivity index (χ1) is 14.5. The first-order valence-electron chi connectivity index (χ1n) is 11.4. The quantitative estimate of drug-likeness (QED) is 0.763. The molecule has 2 fully saturated rings. The van der Waals surface area contributed by atoms with Gasteiger partial charge in [0.15, 0.2) is 0 Å². The Bertz CT molecular complexity index is 879. The predicted molar refractivity (Wildman–Crippen MR) is 121 cm³/mol. The van der Waals surface area contributed by atoms with Crippen LogP contribution in [0, 0.1) is 26.7 Å². The van der Waals surface area contributed by atoms with Crippen molar-refractivity contribution < 1.29 is 4.79 Å². The molecule has 1 aliphatic carbocycles. The van der Waals surface area contributed by atoms with E-state index in [0.29, 0.717) is 5.91 Å². The molecule has 1 amide bonds. The van der Waals surface area contributed by atoms with Crippen LogP contribution < -0.4 is 4.90 Å². The molecule has 1 aromatic carbocycles. The summed E-state index contributed by atoms with van der Waals surface area (Å²) in [5.74, 6) is 2.50. The molecule has 2 aliphatic rings. The number of hydrogen-bond acceptors (Lipinski definition) is 4. The number of carbonyl (C=O) groups excluding carboxylic acids is 1. The summed E-state index contributed by atoms with van der Waals surface area (Å²) in [4.78, 5) is 26.9. The molecule has 0 N–H and O–H groups in total. The fourth-order valence-electron chi connectivity index (χ4n) is 4.84. The smallest absolute Gasteiger partial charge is 0.225 e. The van der Waals surface area contributed by atoms with E-state index in [4.69, 9.17) is 4.98 Å². The first-order valence-corrected chi connectivity index (χ1v) is 11.4. The largest absolute Gasteiger partial charge is 0.353 e. The van der Waals surface area contributed by atoms with E-state index < -0.39 is 0 Å². The molecule has 1 saturated heterocycles. The second kappa shape index (κ2) is 9.15. The van der Waals surface area contributed by atoms with Gasteiger partial charge in [0.05, 0.1) is 0 Å². The minimum absolute atomic E-state index is 0.255. The van der Waals surface area contributed by atoms with Gasteiger partial charge in [-0.2, -0.15) is 0 Å². The van der Waals surface area contributed by atoms with Crippen LogP contribution in [0.1, 0.15) is 60.3 Å². The molecule has 1 aromatic heterocycles. The lowest BCUT2D eigenvalue weighted by atomic mass is 9.88. The average molecular weight is 407 g/mol. The molecule has 4 rings (SSSR count). The van der Waals surface area contributed by atoms with Gasteiger partial charge in [0.25, 0.3) is 0 Å². The monoisotopic (exact) mass is 406 g/mol. The maximum Gasteiger partial charge on any atom is 0.225 e. The van der Waals surface area contributed by atoms with Gasteiger partial charge in [0, 0.05) is 49.8 Å². The lowest BCUT2D eigenvalue weighted by molar-refractivity contribution is -0.136. The van der Waals surface area contributed by atoms with Gasteiger partial charge < -0.3 is 9.80 Å². The number of benzene rings is 1. The van der Waals surface area contributed by atoms with E-state index >= 15 is 0 Å². The van der Waals surface area contributed by atoms with E-state index in [1.165, 1.54) is 36.0 Å². The van der Waals surface area contributed by atoms with E-state index in [0.717, 1.165) is 62.8 Å². The highest BCUT2D eigenvalue weighted by atomic mass is 16.2. The molecule has 0 spiro atoms. The van der Waals surface area contributed by atoms with E-state index in [-0.39, 0.29) is 5.92 Å². The molecule has 30 heavy (non-hydrogen) atoms. The molecule has 0 atom stereocenters. The topological polar surface area (TPSA) is 49.3 Å². The van der Waals surface area contributed by atoms with Gasteiger partial charge in [-0.3, -0.25) is 4.79 Å². The minimum atomic E-state index is 0.255. The van der Waals surface area contributed by atoms with Crippen molar-refractivity contribution in [2.45, 2.75) is 59.3 Å². The summed E-state index contributed by atoms with van der Waals surface area (Å²) < 4.78 is 0. The van der Waals surface area contributed by atoms with Crippen LogP contribution in [0.5, 0.6) is 0 Å². The fraction of sp³-hybridized carbons (Fsp3) is 0.560. The summed E-state index contributed by atoms with van der Waals surface area (Å²) in [6, 6.07) is 8.71. The molecule has 5 nitrogen and oxygen atoms in total. The van der Waals surface area contributed by atoms with Crippen LogP contribution in [0.2, 0.25) is 0 Å². The first kappa shape index (κ1) is 20.8. The zero-order valence-electron chi connectivity index (χ0n) is 18.7. The molecule has 1 aliphatic heterocycles. The second-order valence-electron chi connectivity index (χ2n) is 8.97. The molecule has 0 unspecified atom stereocenters. The Hall–Kier alpha value is -2.43. The Morgan fingerprint density at radius 2 is 1.60 bits per heavy atom. The van der Waals surface area contributed by atoms with Gasteiger partial charge in [-0.05, 0) is 39.2 Å². The van der Waals surface area contributed by atoms with E-state index in [1.807, 2.05) is 6.92 Å². The molecular formula is C25H34N4O. The Balaban J connectivity index is 1.48. The van der Waals surface area contributed by atoms with E-state index in [1.54, 1.807) is 0 Å². The van der Waals surface area contributed by atoms with Crippen molar-refractivity contribution in [3.8, 4) is 0 Å². The molecule has 1 saturated carbocycles. The zero-order chi connectivity index (χ0) is 21.1. The van der Waals surface area contributed by atoms with Crippen LogP contribution in [0.25, 0.3) is 0 Å². The Kier molecular flexibility index (Phi) is 6.35. The fourth-order valence-corrected chi connectivity index (χ4v) is 4.84. The molecule has 5 heteroatoms. The summed E-state index contributed by atoms with van der Waals surface area (Å²) in [6.07, 6.45) is 6.68.